The molecule has 0 radical (unpaired) electrons. The SMILES string of the molecule is N=C(N)/C=C1/CN(c2nc(CCC34CCCN3CCC4)nc3c(F)c(-c4cc(O)cc5ccc6c(c45)C6)ncc23)CCCN1. The van der Waals surface area contributed by atoms with E-state index >= 15 is 4.39 Å². The van der Waals surface area contributed by atoms with Crippen LogP contribution in [0.4, 0.5) is 10.2 Å². The number of fused-ring (bicyclic) bond motifs is 5. The molecular formula is C34H37FN8O. The minimum absolute atomic E-state index is 0.0184. The van der Waals surface area contributed by atoms with Crippen LogP contribution in [0.3, 0.4) is 0 Å². The highest BCUT2D eigenvalue weighted by molar-refractivity contribution is 6.04. The Balaban J connectivity index is 1.26. The molecule has 3 fully saturated rings. The van der Waals surface area contributed by atoms with Crippen LogP contribution in [0, 0.1) is 11.2 Å². The molecule has 0 unspecified atom stereocenters. The summed E-state index contributed by atoms with van der Waals surface area (Å²) in [6, 6.07) is 7.39. The Labute approximate surface area is 255 Å². The summed E-state index contributed by atoms with van der Waals surface area (Å²) in [5.74, 6) is 0.860. The van der Waals surface area contributed by atoms with Gasteiger partial charge in [-0.2, -0.15) is 0 Å². The average molecular weight is 593 g/mol. The van der Waals surface area contributed by atoms with Crippen molar-refractivity contribution in [3.63, 3.8) is 0 Å². The van der Waals surface area contributed by atoms with Gasteiger partial charge < -0.3 is 21.1 Å². The molecule has 1 aliphatic carbocycles. The van der Waals surface area contributed by atoms with Gasteiger partial charge in [0, 0.05) is 48.6 Å². The molecule has 0 spiro atoms. The number of aromatic hydroxyl groups is 1. The van der Waals surface area contributed by atoms with Gasteiger partial charge in [0.1, 0.15) is 34.4 Å². The largest absolute Gasteiger partial charge is 0.508 e. The number of halogens is 1. The van der Waals surface area contributed by atoms with Gasteiger partial charge in [-0.25, -0.2) is 14.4 Å². The van der Waals surface area contributed by atoms with E-state index in [-0.39, 0.29) is 28.3 Å². The van der Waals surface area contributed by atoms with E-state index in [9.17, 15) is 5.11 Å². The number of nitrogens with zero attached hydrogens (tertiary/aromatic N) is 5. The molecule has 5 heterocycles. The summed E-state index contributed by atoms with van der Waals surface area (Å²) in [6.07, 6.45) is 11.5. The Morgan fingerprint density at radius 2 is 1.98 bits per heavy atom. The fourth-order valence-corrected chi connectivity index (χ4v) is 7.98. The maximum atomic E-state index is 16.8. The number of pyridine rings is 1. The molecule has 0 amide bonds. The number of aromatic nitrogens is 3. The summed E-state index contributed by atoms with van der Waals surface area (Å²) in [4.78, 5) is 19.4. The average Bonchev–Trinajstić information content (AvgIpc) is 3.61. The van der Waals surface area contributed by atoms with Crippen LogP contribution in [0.15, 0.2) is 42.2 Å². The molecule has 0 saturated carbocycles. The first-order valence-corrected chi connectivity index (χ1v) is 15.8. The number of anilines is 1. The number of nitrogens with one attached hydrogen (secondary N) is 2. The van der Waals surface area contributed by atoms with Crippen LogP contribution in [-0.2, 0) is 12.8 Å². The van der Waals surface area contributed by atoms with E-state index in [1.54, 1.807) is 24.4 Å². The highest BCUT2D eigenvalue weighted by atomic mass is 19.1. The van der Waals surface area contributed by atoms with Crippen LogP contribution in [0.1, 0.15) is 55.5 Å². The molecule has 2 aromatic heterocycles. The first kappa shape index (κ1) is 27.3. The van der Waals surface area contributed by atoms with E-state index in [4.69, 9.17) is 21.1 Å². The van der Waals surface area contributed by atoms with Crippen LogP contribution >= 0.6 is 0 Å². The number of phenols is 1. The summed E-state index contributed by atoms with van der Waals surface area (Å²) in [5, 5.41) is 24.1. The molecule has 2 aromatic carbocycles. The second-order valence-corrected chi connectivity index (χ2v) is 12.9. The smallest absolute Gasteiger partial charge is 0.175 e. The van der Waals surface area contributed by atoms with Crippen molar-refractivity contribution in [2.24, 2.45) is 5.73 Å². The number of rotatable bonds is 6. The highest BCUT2D eigenvalue weighted by Gasteiger charge is 2.43. The zero-order valence-corrected chi connectivity index (χ0v) is 24.8. The van der Waals surface area contributed by atoms with E-state index in [2.05, 4.69) is 26.2 Å². The quantitative estimate of drug-likeness (QED) is 0.164. The second kappa shape index (κ2) is 10.4. The monoisotopic (exact) mass is 592 g/mol. The van der Waals surface area contributed by atoms with Crippen LogP contribution in [0.5, 0.6) is 5.75 Å². The fraction of sp³-hybridized carbons (Fsp3) is 0.412. The van der Waals surface area contributed by atoms with Crippen molar-refractivity contribution in [2.45, 2.75) is 56.9 Å². The Morgan fingerprint density at radius 1 is 1.14 bits per heavy atom. The van der Waals surface area contributed by atoms with Gasteiger partial charge in [0.2, 0.25) is 0 Å². The summed E-state index contributed by atoms with van der Waals surface area (Å²) in [5.41, 5.74) is 10.2. The molecule has 4 aromatic rings. The van der Waals surface area contributed by atoms with E-state index < -0.39 is 5.82 Å². The van der Waals surface area contributed by atoms with Gasteiger partial charge in [0.15, 0.2) is 5.82 Å². The Kier molecular flexibility index (Phi) is 6.44. The molecule has 8 rings (SSSR count). The van der Waals surface area contributed by atoms with Crippen LogP contribution in [0.2, 0.25) is 0 Å². The minimum atomic E-state index is -0.494. The zero-order chi connectivity index (χ0) is 30.0. The topological polar surface area (TPSA) is 127 Å². The van der Waals surface area contributed by atoms with Crippen molar-refractivity contribution in [3.05, 3.63) is 65.0 Å². The third kappa shape index (κ3) is 4.63. The van der Waals surface area contributed by atoms with Gasteiger partial charge in [-0.15, -0.1) is 0 Å². The molecule has 3 saturated heterocycles. The molecule has 0 atom stereocenters. The van der Waals surface area contributed by atoms with E-state index in [0.717, 1.165) is 55.4 Å². The molecule has 0 bridgehead atoms. The number of nitrogens with two attached hydrogens (primary N) is 1. The molecule has 10 heteroatoms. The number of benzene rings is 2. The summed E-state index contributed by atoms with van der Waals surface area (Å²) in [6.45, 7) is 4.23. The molecule has 3 aliphatic heterocycles. The van der Waals surface area contributed by atoms with Gasteiger partial charge in [-0.3, -0.25) is 15.3 Å². The van der Waals surface area contributed by atoms with Gasteiger partial charge in [0.25, 0.3) is 0 Å². The molecule has 44 heavy (non-hydrogen) atoms. The number of phenolic OH excluding ortho intramolecular Hbond substituents is 1. The third-order valence-electron chi connectivity index (χ3n) is 10.1. The fourth-order valence-electron chi connectivity index (χ4n) is 7.98. The lowest BCUT2D eigenvalue weighted by Gasteiger charge is -2.32. The second-order valence-electron chi connectivity index (χ2n) is 12.9. The van der Waals surface area contributed by atoms with E-state index in [1.807, 2.05) is 6.07 Å². The lowest BCUT2D eigenvalue weighted by molar-refractivity contribution is 0.182. The summed E-state index contributed by atoms with van der Waals surface area (Å²) >= 11 is 0. The standard InChI is InChI=1S/C34H37FN8O/c35-30-31(25-17-23(44)14-21-5-4-20-15-24(20)29(21)25)39-18-26-32(30)40-28(6-9-34-7-1-12-43(34)13-2-8-34)41-33(26)42-11-3-10-38-22(19-42)16-27(36)37/h4-5,14,16-18,38,44H,1-3,6-13,15,19H2,(H3,36,37)/b22-16-. The van der Waals surface area contributed by atoms with Crippen molar-refractivity contribution in [1.29, 1.82) is 5.41 Å². The van der Waals surface area contributed by atoms with Gasteiger partial charge >= 0.3 is 0 Å². The number of hydrogen-bond acceptors (Lipinski definition) is 8. The van der Waals surface area contributed by atoms with Crippen molar-refractivity contribution in [2.75, 3.05) is 37.6 Å². The Hall–Kier alpha value is -4.31. The van der Waals surface area contributed by atoms with Gasteiger partial charge in [-0.05, 0) is 92.1 Å². The van der Waals surface area contributed by atoms with Crippen molar-refractivity contribution in [1.82, 2.24) is 25.2 Å². The summed E-state index contributed by atoms with van der Waals surface area (Å²) < 4.78 is 16.8. The van der Waals surface area contributed by atoms with E-state index in [1.165, 1.54) is 36.8 Å². The van der Waals surface area contributed by atoms with Crippen molar-refractivity contribution >= 4 is 33.3 Å². The van der Waals surface area contributed by atoms with Crippen molar-refractivity contribution in [3.8, 4) is 17.0 Å². The lowest BCUT2D eigenvalue weighted by atomic mass is 9.88. The predicted octanol–water partition coefficient (Wildman–Crippen LogP) is 4.77. The molecule has 5 N–H and O–H groups in total. The Morgan fingerprint density at radius 3 is 2.80 bits per heavy atom. The van der Waals surface area contributed by atoms with Gasteiger partial charge in [0.05, 0.1) is 11.9 Å². The maximum Gasteiger partial charge on any atom is 0.175 e. The molecule has 9 nitrogen and oxygen atoms in total. The zero-order valence-electron chi connectivity index (χ0n) is 24.8. The lowest BCUT2D eigenvalue weighted by Crippen LogP contribution is -2.38. The molecule has 4 aliphatic rings. The Bertz CT molecular complexity index is 1860. The first-order valence-electron chi connectivity index (χ1n) is 15.8. The number of amidine groups is 1. The first-order chi connectivity index (χ1) is 21.4. The van der Waals surface area contributed by atoms with Crippen molar-refractivity contribution < 1.29 is 9.50 Å². The van der Waals surface area contributed by atoms with Crippen LogP contribution in [0.25, 0.3) is 32.9 Å². The van der Waals surface area contributed by atoms with Crippen LogP contribution in [-0.4, -0.2) is 69.1 Å². The van der Waals surface area contributed by atoms with Crippen LogP contribution < -0.4 is 16.0 Å². The third-order valence-corrected chi connectivity index (χ3v) is 10.1. The van der Waals surface area contributed by atoms with Gasteiger partial charge in [-0.1, -0.05) is 12.1 Å². The predicted molar refractivity (Wildman–Crippen MR) is 171 cm³/mol. The summed E-state index contributed by atoms with van der Waals surface area (Å²) in [7, 11) is 0. The number of aryl methyl sites for hydroxylation is 1. The normalized spacial score (nSPS) is 20.1. The minimum Gasteiger partial charge on any atom is -0.508 e. The number of hydrogen-bond donors (Lipinski definition) is 4. The molecule has 226 valence electrons. The molecular weight excluding hydrogens is 555 g/mol. The van der Waals surface area contributed by atoms with E-state index in [0.29, 0.717) is 42.1 Å². The highest BCUT2D eigenvalue weighted by Crippen LogP contribution is 2.44. The maximum absolute atomic E-state index is 16.8.